The summed E-state index contributed by atoms with van der Waals surface area (Å²) in [5.74, 6) is 0.191. The highest BCUT2D eigenvalue weighted by molar-refractivity contribution is 5.96. The van der Waals surface area contributed by atoms with E-state index in [2.05, 4.69) is 18.3 Å². The summed E-state index contributed by atoms with van der Waals surface area (Å²) in [6.07, 6.45) is 4.58. The van der Waals surface area contributed by atoms with Crippen LogP contribution in [0.1, 0.15) is 31.7 Å². The van der Waals surface area contributed by atoms with Crippen LogP contribution in [0.25, 0.3) is 0 Å². The highest BCUT2D eigenvalue weighted by Gasteiger charge is 2.23. The van der Waals surface area contributed by atoms with Gasteiger partial charge in [0.05, 0.1) is 6.54 Å². The molecule has 98 valence electrons. The Bertz CT molecular complexity index is 403. The minimum atomic E-state index is 0.191. The molecule has 0 atom stereocenters. The Kier molecular flexibility index (Phi) is 4.76. The van der Waals surface area contributed by atoms with E-state index in [9.17, 15) is 4.79 Å². The number of fused-ring (bicyclic) bond motifs is 1. The van der Waals surface area contributed by atoms with Crippen molar-refractivity contribution in [3.05, 3.63) is 29.8 Å². The molecule has 0 saturated carbocycles. The van der Waals surface area contributed by atoms with E-state index in [1.807, 2.05) is 23.1 Å². The van der Waals surface area contributed by atoms with Crippen LogP contribution in [0.4, 0.5) is 5.69 Å². The van der Waals surface area contributed by atoms with Gasteiger partial charge in [0.2, 0.25) is 5.91 Å². The van der Waals surface area contributed by atoms with Crippen LogP contribution >= 0.6 is 0 Å². The maximum Gasteiger partial charge on any atom is 0.240 e. The van der Waals surface area contributed by atoms with Gasteiger partial charge in [0.25, 0.3) is 0 Å². The van der Waals surface area contributed by atoms with Crippen molar-refractivity contribution in [1.82, 2.24) is 5.32 Å². The number of hydrogen-bond donors (Lipinski definition) is 1. The fraction of sp³-hybridized carbons (Fsp3) is 0.533. The first kappa shape index (κ1) is 13.1. The van der Waals surface area contributed by atoms with Gasteiger partial charge in [-0.3, -0.25) is 4.79 Å². The molecule has 1 amide bonds. The number of anilines is 1. The quantitative estimate of drug-likeness (QED) is 0.781. The first-order chi connectivity index (χ1) is 8.83. The van der Waals surface area contributed by atoms with Gasteiger partial charge in [0.15, 0.2) is 0 Å². The molecule has 0 saturated heterocycles. The lowest BCUT2D eigenvalue weighted by Crippen LogP contribution is -2.37. The summed E-state index contributed by atoms with van der Waals surface area (Å²) in [6, 6.07) is 8.18. The molecular formula is C15H22N2O. The van der Waals surface area contributed by atoms with E-state index in [1.54, 1.807) is 0 Å². The highest BCUT2D eigenvalue weighted by atomic mass is 16.2. The second-order valence-electron chi connectivity index (χ2n) is 4.81. The second-order valence-corrected chi connectivity index (χ2v) is 4.81. The number of rotatable bonds is 6. The Balaban J connectivity index is 1.80. The molecule has 0 bridgehead atoms. The maximum absolute atomic E-state index is 12.1. The Morgan fingerprint density at radius 1 is 1.33 bits per heavy atom. The van der Waals surface area contributed by atoms with E-state index in [4.69, 9.17) is 0 Å². The van der Waals surface area contributed by atoms with Gasteiger partial charge in [0, 0.05) is 12.2 Å². The second kappa shape index (κ2) is 6.55. The van der Waals surface area contributed by atoms with E-state index in [0.29, 0.717) is 6.54 Å². The van der Waals surface area contributed by atoms with Crippen LogP contribution in [-0.4, -0.2) is 25.5 Å². The SMILES string of the molecule is CCCCCNCC(=O)N1CCc2ccccc21. The molecule has 0 fully saturated rings. The number of carbonyl (C=O) groups excluding carboxylic acids is 1. The zero-order chi connectivity index (χ0) is 12.8. The van der Waals surface area contributed by atoms with Crippen molar-refractivity contribution in [2.24, 2.45) is 0 Å². The van der Waals surface area contributed by atoms with Gasteiger partial charge >= 0.3 is 0 Å². The number of unbranched alkanes of at least 4 members (excludes halogenated alkanes) is 2. The Morgan fingerprint density at radius 2 is 2.17 bits per heavy atom. The number of para-hydroxylation sites is 1. The number of carbonyl (C=O) groups is 1. The molecule has 0 aliphatic carbocycles. The molecule has 1 heterocycles. The first-order valence-electron chi connectivity index (χ1n) is 6.92. The van der Waals surface area contributed by atoms with Crippen LogP contribution in [0, 0.1) is 0 Å². The molecule has 2 rings (SSSR count). The predicted octanol–water partition coefficient (Wildman–Crippen LogP) is 2.36. The lowest BCUT2D eigenvalue weighted by Gasteiger charge is -2.17. The van der Waals surface area contributed by atoms with Crippen LogP contribution in [0.3, 0.4) is 0 Å². The standard InChI is InChI=1S/C15H22N2O/c1-2-3-6-10-16-12-15(18)17-11-9-13-7-4-5-8-14(13)17/h4-5,7-8,16H,2-3,6,9-12H2,1H3. The van der Waals surface area contributed by atoms with Crippen molar-refractivity contribution in [3.63, 3.8) is 0 Å². The monoisotopic (exact) mass is 246 g/mol. The lowest BCUT2D eigenvalue weighted by molar-refractivity contribution is -0.117. The van der Waals surface area contributed by atoms with Gasteiger partial charge in [-0.25, -0.2) is 0 Å². The average molecular weight is 246 g/mol. The zero-order valence-corrected chi connectivity index (χ0v) is 11.1. The minimum Gasteiger partial charge on any atom is -0.311 e. The summed E-state index contributed by atoms with van der Waals surface area (Å²) < 4.78 is 0. The number of benzene rings is 1. The molecule has 0 spiro atoms. The number of hydrogen-bond acceptors (Lipinski definition) is 2. The maximum atomic E-state index is 12.1. The molecule has 0 radical (unpaired) electrons. The number of amides is 1. The van der Waals surface area contributed by atoms with E-state index < -0.39 is 0 Å². The van der Waals surface area contributed by atoms with Crippen LogP contribution in [0.15, 0.2) is 24.3 Å². The molecule has 0 unspecified atom stereocenters. The molecular weight excluding hydrogens is 224 g/mol. The summed E-state index contributed by atoms with van der Waals surface area (Å²) in [5, 5.41) is 3.24. The average Bonchev–Trinajstić information content (AvgIpc) is 2.82. The van der Waals surface area contributed by atoms with E-state index in [-0.39, 0.29) is 5.91 Å². The first-order valence-corrected chi connectivity index (χ1v) is 6.92. The fourth-order valence-corrected chi connectivity index (χ4v) is 2.39. The summed E-state index contributed by atoms with van der Waals surface area (Å²) >= 11 is 0. The van der Waals surface area contributed by atoms with Crippen molar-refractivity contribution < 1.29 is 4.79 Å². The summed E-state index contributed by atoms with van der Waals surface area (Å²) in [5.41, 5.74) is 2.38. The van der Waals surface area contributed by atoms with Gasteiger partial charge < -0.3 is 10.2 Å². The van der Waals surface area contributed by atoms with Crippen molar-refractivity contribution in [3.8, 4) is 0 Å². The lowest BCUT2D eigenvalue weighted by atomic mass is 10.2. The number of nitrogens with one attached hydrogen (secondary N) is 1. The fourth-order valence-electron chi connectivity index (χ4n) is 2.39. The van der Waals surface area contributed by atoms with E-state index >= 15 is 0 Å². The van der Waals surface area contributed by atoms with Crippen molar-refractivity contribution in [2.75, 3.05) is 24.5 Å². The minimum absolute atomic E-state index is 0.191. The summed E-state index contributed by atoms with van der Waals surface area (Å²) in [6.45, 7) is 4.41. The van der Waals surface area contributed by atoms with Gasteiger partial charge in [-0.2, -0.15) is 0 Å². The molecule has 1 aromatic rings. The predicted molar refractivity (Wildman–Crippen MR) is 74.9 cm³/mol. The normalized spacial score (nSPS) is 13.7. The number of nitrogens with zero attached hydrogens (tertiary/aromatic N) is 1. The van der Waals surface area contributed by atoms with Crippen LogP contribution < -0.4 is 10.2 Å². The molecule has 1 aliphatic heterocycles. The molecule has 1 aliphatic rings. The Labute approximate surface area is 109 Å². The van der Waals surface area contributed by atoms with Gasteiger partial charge in [-0.15, -0.1) is 0 Å². The van der Waals surface area contributed by atoms with E-state index in [1.165, 1.54) is 18.4 Å². The Hall–Kier alpha value is -1.35. The van der Waals surface area contributed by atoms with E-state index in [0.717, 1.165) is 31.6 Å². The van der Waals surface area contributed by atoms with Crippen molar-refractivity contribution in [1.29, 1.82) is 0 Å². The van der Waals surface area contributed by atoms with Crippen molar-refractivity contribution >= 4 is 11.6 Å². The van der Waals surface area contributed by atoms with Crippen LogP contribution in [0.2, 0.25) is 0 Å². The van der Waals surface area contributed by atoms with Gasteiger partial charge in [0.1, 0.15) is 0 Å². The van der Waals surface area contributed by atoms with Crippen molar-refractivity contribution in [2.45, 2.75) is 32.6 Å². The van der Waals surface area contributed by atoms with Crippen LogP contribution in [0.5, 0.6) is 0 Å². The van der Waals surface area contributed by atoms with Gasteiger partial charge in [-0.1, -0.05) is 38.0 Å². The molecule has 0 aromatic heterocycles. The molecule has 3 heteroatoms. The smallest absolute Gasteiger partial charge is 0.240 e. The third-order valence-electron chi connectivity index (χ3n) is 3.42. The third kappa shape index (κ3) is 3.10. The zero-order valence-electron chi connectivity index (χ0n) is 11.1. The molecule has 18 heavy (non-hydrogen) atoms. The molecule has 3 nitrogen and oxygen atoms in total. The summed E-state index contributed by atoms with van der Waals surface area (Å²) in [7, 11) is 0. The van der Waals surface area contributed by atoms with Gasteiger partial charge in [-0.05, 0) is 31.0 Å². The largest absolute Gasteiger partial charge is 0.311 e. The highest BCUT2D eigenvalue weighted by Crippen LogP contribution is 2.27. The summed E-state index contributed by atoms with van der Waals surface area (Å²) in [4.78, 5) is 14.0. The topological polar surface area (TPSA) is 32.3 Å². The Morgan fingerprint density at radius 3 is 3.00 bits per heavy atom. The van der Waals surface area contributed by atoms with Crippen LogP contribution in [-0.2, 0) is 11.2 Å². The molecule has 1 N–H and O–H groups in total. The molecule has 1 aromatic carbocycles. The third-order valence-corrected chi connectivity index (χ3v) is 3.42.